The summed E-state index contributed by atoms with van der Waals surface area (Å²) in [6.07, 6.45) is -0.0518. The van der Waals surface area contributed by atoms with E-state index in [1.165, 1.54) is 77.3 Å². The van der Waals surface area contributed by atoms with Gasteiger partial charge in [0.15, 0.2) is 0 Å². The fourth-order valence-electron chi connectivity index (χ4n) is 11.0. The summed E-state index contributed by atoms with van der Waals surface area (Å²) in [4.78, 5) is 7.70. The van der Waals surface area contributed by atoms with Gasteiger partial charge in [0.2, 0.25) is 0 Å². The lowest BCUT2D eigenvalue weighted by Crippen LogP contribution is -2.23. The zero-order valence-corrected chi connectivity index (χ0v) is 36.2. The maximum Gasteiger partial charge on any atom is 0.145 e. The molecule has 65 heavy (non-hydrogen) atoms. The second-order valence-electron chi connectivity index (χ2n) is 18.0. The standard InChI is InChI=1S/C61H44N4/c1-61(2)51-27-12-11-24-45(51)48-37-49-50(38-52(48)61)58(41-18-17-19-42(36-41)60-63-54-29-14-16-31-56(54)65(60)44-22-7-4-8-23-44)47-26-10-9-25-46(47)57(49)39-32-34-40(35-33-39)59-62-53-28-13-15-30-55(53)64(59)43-20-5-3-6-21-43/h3-38,59,62H,1-2H3. The molecule has 0 bridgehead atoms. The highest BCUT2D eigenvalue weighted by atomic mass is 15.3. The number of anilines is 3. The van der Waals surface area contributed by atoms with Crippen molar-refractivity contribution in [1.82, 2.24) is 9.55 Å². The van der Waals surface area contributed by atoms with E-state index in [2.05, 4.69) is 247 Å². The Balaban J connectivity index is 1.03. The first-order valence-corrected chi connectivity index (χ1v) is 22.6. The highest BCUT2D eigenvalue weighted by Crippen LogP contribution is 2.54. The van der Waals surface area contributed by atoms with Gasteiger partial charge in [0.25, 0.3) is 0 Å². The van der Waals surface area contributed by atoms with Crippen molar-refractivity contribution in [2.45, 2.75) is 25.4 Å². The van der Waals surface area contributed by atoms with Gasteiger partial charge in [-0.3, -0.25) is 4.57 Å². The first-order valence-electron chi connectivity index (χ1n) is 22.6. The molecular weight excluding hydrogens is 789 g/mol. The SMILES string of the molecule is CC1(C)c2ccccc2-c2cc3c(-c4ccc(C5Nc6ccccc6N5c5ccccc5)cc4)c4ccccc4c(-c4cccc(-c5nc6ccccc6n5-c5ccccc5)c4)c3cc21. The number of hydrogen-bond donors (Lipinski definition) is 1. The molecule has 0 radical (unpaired) electrons. The molecule has 2 heterocycles. The normalized spacial score (nSPS) is 14.7. The molecule has 0 saturated carbocycles. The minimum atomic E-state index is -0.163. The van der Waals surface area contributed by atoms with Crippen LogP contribution in [0.15, 0.2) is 218 Å². The van der Waals surface area contributed by atoms with Gasteiger partial charge >= 0.3 is 0 Å². The van der Waals surface area contributed by atoms with Crippen molar-refractivity contribution in [2.24, 2.45) is 0 Å². The molecule has 11 aromatic rings. The number of aromatic nitrogens is 2. The first kappa shape index (κ1) is 37.4. The van der Waals surface area contributed by atoms with Crippen molar-refractivity contribution in [1.29, 1.82) is 0 Å². The van der Waals surface area contributed by atoms with Crippen LogP contribution in [0.25, 0.3) is 83.0 Å². The molecule has 0 spiro atoms. The number of rotatable bonds is 6. The third kappa shape index (κ3) is 5.73. The van der Waals surface area contributed by atoms with Crippen LogP contribution in [-0.2, 0) is 5.41 Å². The topological polar surface area (TPSA) is 33.1 Å². The molecule has 1 atom stereocenters. The zero-order valence-electron chi connectivity index (χ0n) is 36.2. The Bertz CT molecular complexity index is 3660. The summed E-state index contributed by atoms with van der Waals surface area (Å²) in [6, 6.07) is 79.7. The smallest absolute Gasteiger partial charge is 0.145 e. The zero-order chi connectivity index (χ0) is 43.2. The predicted octanol–water partition coefficient (Wildman–Crippen LogP) is 15.9. The van der Waals surface area contributed by atoms with Gasteiger partial charge in [-0.15, -0.1) is 0 Å². The Kier molecular flexibility index (Phi) is 8.28. The Hall–Kier alpha value is -8.21. The largest absolute Gasteiger partial charge is 0.359 e. The molecule has 1 aliphatic heterocycles. The van der Waals surface area contributed by atoms with Crippen molar-refractivity contribution in [3.63, 3.8) is 0 Å². The van der Waals surface area contributed by atoms with Crippen LogP contribution in [-0.4, -0.2) is 9.55 Å². The van der Waals surface area contributed by atoms with Gasteiger partial charge in [-0.25, -0.2) is 4.98 Å². The Morgan fingerprint density at radius 2 is 1.09 bits per heavy atom. The van der Waals surface area contributed by atoms with Crippen molar-refractivity contribution in [2.75, 3.05) is 10.2 Å². The molecule has 13 rings (SSSR count). The first-order chi connectivity index (χ1) is 32.0. The lowest BCUT2D eigenvalue weighted by molar-refractivity contribution is 0.661. The Morgan fingerprint density at radius 1 is 0.462 bits per heavy atom. The lowest BCUT2D eigenvalue weighted by Gasteiger charge is -2.27. The van der Waals surface area contributed by atoms with Crippen LogP contribution in [0.5, 0.6) is 0 Å². The van der Waals surface area contributed by atoms with Gasteiger partial charge < -0.3 is 10.2 Å². The van der Waals surface area contributed by atoms with E-state index in [-0.39, 0.29) is 11.6 Å². The summed E-state index contributed by atoms with van der Waals surface area (Å²) in [7, 11) is 0. The molecule has 0 fully saturated rings. The van der Waals surface area contributed by atoms with Gasteiger partial charge in [-0.1, -0.05) is 166 Å². The molecule has 10 aromatic carbocycles. The summed E-state index contributed by atoms with van der Waals surface area (Å²) in [6.45, 7) is 4.76. The number of hydrogen-bond acceptors (Lipinski definition) is 3. The molecule has 1 N–H and O–H groups in total. The summed E-state index contributed by atoms with van der Waals surface area (Å²) in [5.74, 6) is 0.924. The monoisotopic (exact) mass is 832 g/mol. The van der Waals surface area contributed by atoms with Gasteiger partial charge in [-0.05, 0) is 138 Å². The second kappa shape index (κ2) is 14.4. The van der Waals surface area contributed by atoms with Crippen LogP contribution in [0.3, 0.4) is 0 Å². The van der Waals surface area contributed by atoms with Crippen molar-refractivity contribution < 1.29 is 0 Å². The number of para-hydroxylation sites is 6. The molecule has 0 amide bonds. The number of imidazole rings is 1. The van der Waals surface area contributed by atoms with Crippen molar-refractivity contribution in [3.05, 3.63) is 235 Å². The van der Waals surface area contributed by atoms with Crippen molar-refractivity contribution in [3.8, 4) is 50.5 Å². The van der Waals surface area contributed by atoms with Crippen LogP contribution in [0.1, 0.15) is 36.7 Å². The second-order valence-corrected chi connectivity index (χ2v) is 18.0. The summed E-state index contributed by atoms with van der Waals surface area (Å²) < 4.78 is 2.29. The highest BCUT2D eigenvalue weighted by molar-refractivity contribution is 6.22. The molecular formula is C61H44N4. The number of nitrogens with one attached hydrogen (secondary N) is 1. The number of nitrogens with zero attached hydrogens (tertiary/aromatic N) is 3. The van der Waals surface area contributed by atoms with Gasteiger partial charge in [0, 0.05) is 22.4 Å². The molecule has 1 aliphatic carbocycles. The van der Waals surface area contributed by atoms with Crippen LogP contribution in [0, 0.1) is 0 Å². The van der Waals surface area contributed by atoms with Crippen molar-refractivity contribution >= 4 is 49.6 Å². The minimum absolute atomic E-state index is 0.0518. The molecule has 308 valence electrons. The summed E-state index contributed by atoms with van der Waals surface area (Å²) >= 11 is 0. The molecule has 1 aromatic heterocycles. The molecule has 2 aliphatic rings. The van der Waals surface area contributed by atoms with E-state index >= 15 is 0 Å². The van der Waals surface area contributed by atoms with Crippen LogP contribution < -0.4 is 10.2 Å². The fraction of sp³-hybridized carbons (Fsp3) is 0.0656. The van der Waals surface area contributed by atoms with Gasteiger partial charge in [-0.2, -0.15) is 0 Å². The van der Waals surface area contributed by atoms with Crippen LogP contribution in [0.2, 0.25) is 0 Å². The molecule has 4 heteroatoms. The summed E-state index contributed by atoms with van der Waals surface area (Å²) in [5.41, 5.74) is 18.9. The third-order valence-corrected chi connectivity index (χ3v) is 14.0. The quantitative estimate of drug-likeness (QED) is 0.169. The number of fused-ring (bicyclic) bond motifs is 7. The van der Waals surface area contributed by atoms with E-state index in [9.17, 15) is 0 Å². The van der Waals surface area contributed by atoms with E-state index in [1.54, 1.807) is 0 Å². The van der Waals surface area contributed by atoms with E-state index in [1.807, 2.05) is 0 Å². The molecule has 1 unspecified atom stereocenters. The van der Waals surface area contributed by atoms with E-state index < -0.39 is 0 Å². The Labute approximate surface area is 378 Å². The van der Waals surface area contributed by atoms with Crippen LogP contribution in [0.4, 0.5) is 17.1 Å². The molecule has 0 saturated heterocycles. The lowest BCUT2D eigenvalue weighted by atomic mass is 9.79. The average Bonchev–Trinajstić information content (AvgIpc) is 4.02. The van der Waals surface area contributed by atoms with Crippen LogP contribution >= 0.6 is 0 Å². The minimum Gasteiger partial charge on any atom is -0.359 e. The van der Waals surface area contributed by atoms with E-state index in [0.29, 0.717) is 0 Å². The third-order valence-electron chi connectivity index (χ3n) is 14.0. The summed E-state index contributed by atoms with van der Waals surface area (Å²) in [5, 5.41) is 8.80. The maximum atomic E-state index is 5.29. The molecule has 4 nitrogen and oxygen atoms in total. The van der Waals surface area contributed by atoms with Gasteiger partial charge in [0.1, 0.15) is 12.0 Å². The number of benzene rings is 10. The highest BCUT2D eigenvalue weighted by Gasteiger charge is 2.36. The Morgan fingerprint density at radius 3 is 1.89 bits per heavy atom. The van der Waals surface area contributed by atoms with E-state index in [4.69, 9.17) is 4.98 Å². The maximum absolute atomic E-state index is 5.29. The van der Waals surface area contributed by atoms with Gasteiger partial charge in [0.05, 0.1) is 22.4 Å². The van der Waals surface area contributed by atoms with E-state index in [0.717, 1.165) is 39.5 Å². The fourth-order valence-corrected chi connectivity index (χ4v) is 11.0. The predicted molar refractivity (Wildman–Crippen MR) is 271 cm³/mol. The average molecular weight is 833 g/mol.